The largest absolute Gasteiger partial charge is 0.486 e. The molecule has 2 aromatic rings. The lowest BCUT2D eigenvalue weighted by Crippen LogP contribution is -2.44. The average molecular weight is 364 g/mol. The van der Waals surface area contributed by atoms with Gasteiger partial charge in [-0.1, -0.05) is 35.9 Å². The molecule has 0 bridgehead atoms. The van der Waals surface area contributed by atoms with Crippen LogP contribution in [0.15, 0.2) is 47.6 Å². The molecule has 1 unspecified atom stereocenters. The Kier molecular flexibility index (Phi) is 4.38. The summed E-state index contributed by atoms with van der Waals surface area (Å²) >= 11 is 0. The van der Waals surface area contributed by atoms with Gasteiger partial charge in [-0.05, 0) is 43.5 Å². The summed E-state index contributed by atoms with van der Waals surface area (Å²) in [4.78, 5) is 12.3. The van der Waals surface area contributed by atoms with Gasteiger partial charge in [0.2, 0.25) is 5.91 Å². The molecule has 0 N–H and O–H groups in total. The molecule has 1 amide bonds. The zero-order valence-corrected chi connectivity index (χ0v) is 16.0. The fourth-order valence-electron chi connectivity index (χ4n) is 3.84. The van der Waals surface area contributed by atoms with E-state index in [0.29, 0.717) is 26.1 Å². The van der Waals surface area contributed by atoms with E-state index in [9.17, 15) is 4.79 Å². The second-order valence-electron chi connectivity index (χ2n) is 7.57. The predicted molar refractivity (Wildman–Crippen MR) is 104 cm³/mol. The molecule has 0 spiro atoms. The van der Waals surface area contributed by atoms with Gasteiger partial charge in [0.15, 0.2) is 11.5 Å². The molecular weight excluding hydrogens is 340 g/mol. The van der Waals surface area contributed by atoms with Crippen LogP contribution in [-0.4, -0.2) is 35.4 Å². The van der Waals surface area contributed by atoms with Crippen molar-refractivity contribution in [1.29, 1.82) is 0 Å². The van der Waals surface area contributed by atoms with Crippen molar-refractivity contribution in [3.8, 4) is 11.5 Å². The predicted octanol–water partition coefficient (Wildman–Crippen LogP) is 3.72. The molecule has 5 nitrogen and oxygen atoms in total. The maximum absolute atomic E-state index is 12.3. The van der Waals surface area contributed by atoms with Gasteiger partial charge in [0.1, 0.15) is 13.2 Å². The highest BCUT2D eigenvalue weighted by Gasteiger charge is 2.41. The van der Waals surface area contributed by atoms with Crippen LogP contribution in [0, 0.1) is 6.92 Å². The summed E-state index contributed by atoms with van der Waals surface area (Å²) in [6.07, 6.45) is 1.41. The fourth-order valence-corrected chi connectivity index (χ4v) is 3.84. The number of carbonyl (C=O) groups is 1. The third-order valence-electron chi connectivity index (χ3n) is 5.15. The summed E-state index contributed by atoms with van der Waals surface area (Å²) in [5.74, 6) is 1.51. The number of carbonyl (C=O) groups excluding carboxylic acids is 1. The quantitative estimate of drug-likeness (QED) is 0.834. The molecule has 2 aromatic carbocycles. The molecule has 1 atom stereocenters. The first-order valence-electron chi connectivity index (χ1n) is 9.28. The maximum atomic E-state index is 12.3. The lowest BCUT2D eigenvalue weighted by atomic mass is 9.86. The van der Waals surface area contributed by atoms with E-state index in [-0.39, 0.29) is 5.91 Å². The molecule has 2 aliphatic rings. The number of hydrazone groups is 1. The van der Waals surface area contributed by atoms with Crippen LogP contribution in [-0.2, 0) is 11.2 Å². The molecule has 140 valence electrons. The summed E-state index contributed by atoms with van der Waals surface area (Å²) in [6.45, 7) is 6.87. The third-order valence-corrected chi connectivity index (χ3v) is 5.15. The van der Waals surface area contributed by atoms with E-state index in [1.807, 2.05) is 18.2 Å². The number of aryl methyl sites for hydroxylation is 1. The van der Waals surface area contributed by atoms with Crippen molar-refractivity contribution < 1.29 is 14.3 Å². The van der Waals surface area contributed by atoms with E-state index in [1.54, 1.807) is 11.9 Å². The monoisotopic (exact) mass is 364 g/mol. The summed E-state index contributed by atoms with van der Waals surface area (Å²) in [6, 6.07) is 14.3. The fraction of sp³-hybridized carbons (Fsp3) is 0.364. The van der Waals surface area contributed by atoms with Crippen molar-refractivity contribution in [2.24, 2.45) is 5.10 Å². The van der Waals surface area contributed by atoms with E-state index in [0.717, 1.165) is 28.3 Å². The Hall–Kier alpha value is -2.82. The van der Waals surface area contributed by atoms with E-state index in [1.165, 1.54) is 5.56 Å². The molecule has 5 heteroatoms. The van der Waals surface area contributed by atoms with Gasteiger partial charge in [-0.2, -0.15) is 5.10 Å². The molecule has 0 saturated carbocycles. The third kappa shape index (κ3) is 3.42. The highest BCUT2D eigenvalue weighted by atomic mass is 16.6. The lowest BCUT2D eigenvalue weighted by Gasteiger charge is -2.32. The molecule has 0 aromatic heterocycles. The van der Waals surface area contributed by atoms with Crippen molar-refractivity contribution in [2.45, 2.75) is 39.2 Å². The van der Waals surface area contributed by atoms with Gasteiger partial charge >= 0.3 is 0 Å². The zero-order valence-electron chi connectivity index (χ0n) is 16.0. The minimum atomic E-state index is -0.407. The Morgan fingerprint density at radius 1 is 1.11 bits per heavy atom. The van der Waals surface area contributed by atoms with Gasteiger partial charge < -0.3 is 9.47 Å². The average Bonchev–Trinajstić information content (AvgIpc) is 2.99. The van der Waals surface area contributed by atoms with E-state index >= 15 is 0 Å². The molecule has 2 aliphatic heterocycles. The first-order chi connectivity index (χ1) is 12.9. The summed E-state index contributed by atoms with van der Waals surface area (Å²) in [5.41, 5.74) is 3.92. The lowest BCUT2D eigenvalue weighted by molar-refractivity contribution is -0.133. The van der Waals surface area contributed by atoms with Gasteiger partial charge in [-0.3, -0.25) is 4.79 Å². The van der Waals surface area contributed by atoms with Crippen LogP contribution in [0.2, 0.25) is 0 Å². The van der Waals surface area contributed by atoms with Crippen molar-refractivity contribution >= 4 is 11.6 Å². The number of nitrogens with zero attached hydrogens (tertiary/aromatic N) is 2. The van der Waals surface area contributed by atoms with Gasteiger partial charge in [0, 0.05) is 13.3 Å². The molecule has 4 rings (SSSR count). The van der Waals surface area contributed by atoms with E-state index in [2.05, 4.69) is 43.2 Å². The summed E-state index contributed by atoms with van der Waals surface area (Å²) in [5, 5.41) is 6.31. The number of ether oxygens (including phenoxy) is 2. The second-order valence-corrected chi connectivity index (χ2v) is 7.57. The van der Waals surface area contributed by atoms with Crippen LogP contribution in [0.4, 0.5) is 0 Å². The standard InChI is InChI=1S/C22H24N2O3/c1-15-4-7-18(8-5-15)19-14-22(3,24(23-19)16(2)25)13-17-6-9-20-21(12-17)27-11-10-26-20/h4-9,12H,10-11,13-14H2,1-3H3. The maximum Gasteiger partial charge on any atom is 0.240 e. The molecule has 0 fully saturated rings. The Morgan fingerprint density at radius 3 is 2.52 bits per heavy atom. The van der Waals surface area contributed by atoms with Crippen molar-refractivity contribution in [3.05, 3.63) is 59.2 Å². The summed E-state index contributed by atoms with van der Waals surface area (Å²) < 4.78 is 11.3. The van der Waals surface area contributed by atoms with Gasteiger partial charge in [0.05, 0.1) is 11.3 Å². The first kappa shape index (κ1) is 17.6. The van der Waals surface area contributed by atoms with Crippen LogP contribution in [0.5, 0.6) is 11.5 Å². The topological polar surface area (TPSA) is 51.1 Å². The minimum Gasteiger partial charge on any atom is -0.486 e. The van der Waals surface area contributed by atoms with Crippen molar-refractivity contribution in [2.75, 3.05) is 13.2 Å². The smallest absolute Gasteiger partial charge is 0.240 e. The molecule has 0 saturated heterocycles. The normalized spacial score (nSPS) is 21.1. The number of fused-ring (bicyclic) bond motifs is 1. The Bertz CT molecular complexity index is 904. The van der Waals surface area contributed by atoms with E-state index < -0.39 is 5.54 Å². The summed E-state index contributed by atoms with van der Waals surface area (Å²) in [7, 11) is 0. The van der Waals surface area contributed by atoms with E-state index in [4.69, 9.17) is 9.47 Å². The number of benzene rings is 2. The Balaban J connectivity index is 1.61. The van der Waals surface area contributed by atoms with Crippen LogP contribution < -0.4 is 9.47 Å². The number of hydrogen-bond donors (Lipinski definition) is 0. The number of rotatable bonds is 3. The molecule has 27 heavy (non-hydrogen) atoms. The van der Waals surface area contributed by atoms with Crippen molar-refractivity contribution in [1.82, 2.24) is 5.01 Å². The van der Waals surface area contributed by atoms with Crippen molar-refractivity contribution in [3.63, 3.8) is 0 Å². The highest BCUT2D eigenvalue weighted by molar-refractivity contribution is 6.03. The molecular formula is C22H24N2O3. The molecule has 2 heterocycles. The second kappa shape index (κ2) is 6.72. The number of hydrogen-bond acceptors (Lipinski definition) is 4. The van der Waals surface area contributed by atoms with Crippen LogP contribution in [0.25, 0.3) is 0 Å². The minimum absolute atomic E-state index is 0.0443. The van der Waals surface area contributed by atoms with Crippen LogP contribution >= 0.6 is 0 Å². The SMILES string of the molecule is CC(=O)N1N=C(c2ccc(C)cc2)CC1(C)Cc1ccc2c(c1)OCCO2. The number of amides is 1. The van der Waals surface area contributed by atoms with Crippen LogP contribution in [0.3, 0.4) is 0 Å². The van der Waals surface area contributed by atoms with Gasteiger partial charge in [0.25, 0.3) is 0 Å². The molecule has 0 aliphatic carbocycles. The zero-order chi connectivity index (χ0) is 19.0. The molecule has 0 radical (unpaired) electrons. The van der Waals surface area contributed by atoms with Gasteiger partial charge in [-0.25, -0.2) is 5.01 Å². The van der Waals surface area contributed by atoms with Gasteiger partial charge in [-0.15, -0.1) is 0 Å². The van der Waals surface area contributed by atoms with Crippen LogP contribution in [0.1, 0.15) is 37.0 Å². The Labute approximate surface area is 159 Å². The Morgan fingerprint density at radius 2 is 1.81 bits per heavy atom. The first-order valence-corrected chi connectivity index (χ1v) is 9.28. The highest BCUT2D eigenvalue weighted by Crippen LogP contribution is 2.36.